The van der Waals surface area contributed by atoms with Crippen molar-refractivity contribution in [2.75, 3.05) is 13.6 Å². The lowest BCUT2D eigenvalue weighted by Gasteiger charge is -2.27. The molecule has 3 heteroatoms. The number of aryl methyl sites for hydroxylation is 1. The Morgan fingerprint density at radius 1 is 1.33 bits per heavy atom. The van der Waals surface area contributed by atoms with Gasteiger partial charge in [-0.25, -0.2) is 0 Å². The van der Waals surface area contributed by atoms with Crippen LogP contribution in [0.2, 0.25) is 0 Å². The third-order valence-corrected chi connectivity index (χ3v) is 4.65. The quantitative estimate of drug-likeness (QED) is 0.900. The van der Waals surface area contributed by atoms with Gasteiger partial charge in [0, 0.05) is 19.5 Å². The van der Waals surface area contributed by atoms with Crippen molar-refractivity contribution in [3.8, 4) is 0 Å². The summed E-state index contributed by atoms with van der Waals surface area (Å²) in [6.45, 7) is 5.29. The smallest absolute Gasteiger partial charge is 0.222 e. The maximum Gasteiger partial charge on any atom is 0.222 e. The molecule has 0 radical (unpaired) electrons. The molecule has 0 saturated carbocycles. The van der Waals surface area contributed by atoms with Gasteiger partial charge in [0.2, 0.25) is 5.91 Å². The van der Waals surface area contributed by atoms with Crippen molar-refractivity contribution in [1.29, 1.82) is 0 Å². The number of piperidine rings is 1. The molecule has 3 nitrogen and oxygen atoms in total. The van der Waals surface area contributed by atoms with Crippen LogP contribution in [0.25, 0.3) is 0 Å². The van der Waals surface area contributed by atoms with Gasteiger partial charge in [-0.2, -0.15) is 0 Å². The van der Waals surface area contributed by atoms with Gasteiger partial charge >= 0.3 is 0 Å². The fourth-order valence-electron chi connectivity index (χ4n) is 2.93. The highest BCUT2D eigenvalue weighted by Crippen LogP contribution is 2.21. The van der Waals surface area contributed by atoms with Gasteiger partial charge in [-0.3, -0.25) is 4.79 Å². The van der Waals surface area contributed by atoms with Crippen LogP contribution in [0, 0.1) is 6.92 Å². The van der Waals surface area contributed by atoms with Crippen LogP contribution in [-0.2, 0) is 4.79 Å². The predicted molar refractivity (Wildman–Crippen MR) is 87.2 cm³/mol. The molecule has 2 unspecified atom stereocenters. The van der Waals surface area contributed by atoms with Gasteiger partial charge in [-0.1, -0.05) is 36.2 Å². The summed E-state index contributed by atoms with van der Waals surface area (Å²) in [7, 11) is 1.92. The summed E-state index contributed by atoms with van der Waals surface area (Å²) in [6.07, 6.45) is 5.38. The molecule has 1 saturated heterocycles. The first-order valence-corrected chi connectivity index (χ1v) is 8.13. The minimum absolute atomic E-state index is 0.136. The molecule has 1 N–H and O–H groups in total. The standard InChI is InChI=1S/C18H28N2O/c1-14-7-9-16(10-8-14)15(2)20(3)18(21)12-11-17-6-4-5-13-19-17/h7-10,15,17,19H,4-6,11-13H2,1-3H3. The topological polar surface area (TPSA) is 32.3 Å². The molecule has 1 heterocycles. The maximum atomic E-state index is 12.4. The van der Waals surface area contributed by atoms with Gasteiger partial charge in [-0.15, -0.1) is 0 Å². The van der Waals surface area contributed by atoms with Crippen molar-refractivity contribution in [2.45, 2.75) is 58.0 Å². The van der Waals surface area contributed by atoms with E-state index in [2.05, 4.69) is 43.4 Å². The summed E-state index contributed by atoms with van der Waals surface area (Å²) < 4.78 is 0. The van der Waals surface area contributed by atoms with E-state index in [1.54, 1.807) is 0 Å². The van der Waals surface area contributed by atoms with Crippen molar-refractivity contribution >= 4 is 5.91 Å². The number of nitrogens with one attached hydrogen (secondary N) is 1. The van der Waals surface area contributed by atoms with E-state index in [4.69, 9.17) is 0 Å². The monoisotopic (exact) mass is 288 g/mol. The highest BCUT2D eigenvalue weighted by Gasteiger charge is 2.19. The fraction of sp³-hybridized carbons (Fsp3) is 0.611. The summed E-state index contributed by atoms with van der Waals surface area (Å²) in [6, 6.07) is 9.12. The summed E-state index contributed by atoms with van der Waals surface area (Å²) in [5.74, 6) is 0.246. The lowest BCUT2D eigenvalue weighted by Crippen LogP contribution is -2.36. The van der Waals surface area contributed by atoms with Crippen molar-refractivity contribution in [2.24, 2.45) is 0 Å². The van der Waals surface area contributed by atoms with Crippen LogP contribution in [0.3, 0.4) is 0 Å². The first-order chi connectivity index (χ1) is 10.1. The number of carbonyl (C=O) groups excluding carboxylic acids is 1. The Bertz CT molecular complexity index is 449. The second kappa shape index (κ2) is 7.60. The molecule has 2 rings (SSSR count). The molecule has 0 spiro atoms. The third-order valence-electron chi connectivity index (χ3n) is 4.65. The Hall–Kier alpha value is -1.35. The molecule has 1 aromatic carbocycles. The highest BCUT2D eigenvalue weighted by molar-refractivity contribution is 5.76. The summed E-state index contributed by atoms with van der Waals surface area (Å²) in [5.41, 5.74) is 2.45. The van der Waals surface area contributed by atoms with Crippen LogP contribution in [0.5, 0.6) is 0 Å². The summed E-state index contributed by atoms with van der Waals surface area (Å²) in [4.78, 5) is 14.2. The van der Waals surface area contributed by atoms with Gasteiger partial charge < -0.3 is 10.2 Å². The van der Waals surface area contributed by atoms with E-state index in [0.29, 0.717) is 12.5 Å². The van der Waals surface area contributed by atoms with E-state index in [1.165, 1.54) is 30.4 Å². The van der Waals surface area contributed by atoms with Crippen molar-refractivity contribution in [3.05, 3.63) is 35.4 Å². The number of nitrogens with zero attached hydrogens (tertiary/aromatic N) is 1. The van der Waals surface area contributed by atoms with Crippen molar-refractivity contribution < 1.29 is 4.79 Å². The van der Waals surface area contributed by atoms with Gasteiger partial charge in [0.25, 0.3) is 0 Å². The Kier molecular flexibility index (Phi) is 5.80. The molecule has 116 valence electrons. The molecule has 0 aromatic heterocycles. The van der Waals surface area contributed by atoms with Crippen molar-refractivity contribution in [1.82, 2.24) is 10.2 Å². The first-order valence-electron chi connectivity index (χ1n) is 8.13. The molecule has 2 atom stereocenters. The maximum absolute atomic E-state index is 12.4. The number of rotatable bonds is 5. The van der Waals surface area contributed by atoms with Gasteiger partial charge in [0.05, 0.1) is 6.04 Å². The zero-order valence-electron chi connectivity index (χ0n) is 13.6. The van der Waals surface area contributed by atoms with Gasteiger partial charge in [-0.05, 0) is 45.2 Å². The Labute approximate surface area is 128 Å². The molecule has 1 fully saturated rings. The Morgan fingerprint density at radius 3 is 2.67 bits per heavy atom. The highest BCUT2D eigenvalue weighted by atomic mass is 16.2. The molecular weight excluding hydrogens is 260 g/mol. The van der Waals surface area contributed by atoms with Crippen molar-refractivity contribution in [3.63, 3.8) is 0 Å². The van der Waals surface area contributed by atoms with E-state index >= 15 is 0 Å². The minimum Gasteiger partial charge on any atom is -0.339 e. The number of hydrogen-bond acceptors (Lipinski definition) is 2. The SMILES string of the molecule is Cc1ccc(C(C)N(C)C(=O)CCC2CCCCN2)cc1. The van der Waals surface area contributed by atoms with E-state index in [9.17, 15) is 4.79 Å². The lowest BCUT2D eigenvalue weighted by atomic mass is 9.99. The van der Waals surface area contributed by atoms with Crippen LogP contribution in [0.15, 0.2) is 24.3 Å². The molecule has 1 amide bonds. The average molecular weight is 288 g/mol. The summed E-state index contributed by atoms with van der Waals surface area (Å²) >= 11 is 0. The molecule has 1 aromatic rings. The normalized spacial score (nSPS) is 20.0. The third kappa shape index (κ3) is 4.57. The van der Waals surface area contributed by atoms with Crippen LogP contribution in [0.1, 0.15) is 56.2 Å². The lowest BCUT2D eigenvalue weighted by molar-refractivity contribution is -0.132. The molecule has 1 aliphatic rings. The van der Waals surface area contributed by atoms with Crippen LogP contribution < -0.4 is 5.32 Å². The largest absolute Gasteiger partial charge is 0.339 e. The van der Waals surface area contributed by atoms with Crippen LogP contribution >= 0.6 is 0 Å². The number of carbonyl (C=O) groups is 1. The fourth-order valence-corrected chi connectivity index (χ4v) is 2.93. The number of hydrogen-bond donors (Lipinski definition) is 1. The van der Waals surface area contributed by atoms with E-state index in [1.807, 2.05) is 11.9 Å². The Morgan fingerprint density at radius 2 is 2.05 bits per heavy atom. The van der Waals surface area contributed by atoms with Gasteiger partial charge in [0.1, 0.15) is 0 Å². The Balaban J connectivity index is 1.84. The van der Waals surface area contributed by atoms with E-state index < -0.39 is 0 Å². The second-order valence-electron chi connectivity index (χ2n) is 6.28. The first kappa shape index (κ1) is 16.0. The zero-order chi connectivity index (χ0) is 15.2. The molecule has 0 bridgehead atoms. The molecule has 21 heavy (non-hydrogen) atoms. The van der Waals surface area contributed by atoms with Crippen LogP contribution in [-0.4, -0.2) is 30.4 Å². The van der Waals surface area contributed by atoms with E-state index in [-0.39, 0.29) is 11.9 Å². The molecule has 0 aliphatic carbocycles. The van der Waals surface area contributed by atoms with E-state index in [0.717, 1.165) is 13.0 Å². The number of benzene rings is 1. The van der Waals surface area contributed by atoms with Crippen LogP contribution in [0.4, 0.5) is 0 Å². The molecule has 1 aliphatic heterocycles. The zero-order valence-corrected chi connectivity index (χ0v) is 13.6. The second-order valence-corrected chi connectivity index (χ2v) is 6.28. The summed E-state index contributed by atoms with van der Waals surface area (Å²) in [5, 5.41) is 3.51. The minimum atomic E-state index is 0.136. The average Bonchev–Trinajstić information content (AvgIpc) is 2.53. The predicted octanol–water partition coefficient (Wildman–Crippen LogP) is 3.44. The molecular formula is C18H28N2O. The van der Waals surface area contributed by atoms with Gasteiger partial charge in [0.15, 0.2) is 0 Å². The number of amides is 1.